The number of carbonyl (C=O) groups is 3. The van der Waals surface area contributed by atoms with Crippen molar-refractivity contribution in [2.75, 3.05) is 13.2 Å². The standard InChI is InChI=1S/C21H26O7/c1-5-26-18-15(11-23)8-6-7-14(10-22)9-16-17(13(4)21(25)27-16)19(18)28-20(24)12(2)3/h8-9,11,16-19,22H,2,4-7,10H2,1,3H3/b14-9?,15-8-/t16-,17+,18+,19+/m1/s1. The SMILES string of the molecule is C=C(C)C(=O)O[C@H]1[C@H]2C(=C)C(=O)O[C@@H]2C=C(CO)CC/C=C(/C=O)[C@@H]1OCC. The predicted octanol–water partition coefficient (Wildman–Crippen LogP) is 1.81. The van der Waals surface area contributed by atoms with Gasteiger partial charge >= 0.3 is 11.9 Å². The normalized spacial score (nSPS) is 29.7. The summed E-state index contributed by atoms with van der Waals surface area (Å²) < 4.78 is 16.8. The number of aliphatic hydroxyl groups is 1. The van der Waals surface area contributed by atoms with Gasteiger partial charge in [0.05, 0.1) is 12.5 Å². The molecule has 7 nitrogen and oxygen atoms in total. The molecule has 1 aliphatic carbocycles. The van der Waals surface area contributed by atoms with Gasteiger partial charge in [0.25, 0.3) is 0 Å². The fourth-order valence-electron chi connectivity index (χ4n) is 3.34. The highest BCUT2D eigenvalue weighted by Crippen LogP contribution is 2.37. The van der Waals surface area contributed by atoms with E-state index in [1.807, 2.05) is 0 Å². The lowest BCUT2D eigenvalue weighted by molar-refractivity contribution is -0.156. The van der Waals surface area contributed by atoms with E-state index in [2.05, 4.69) is 13.2 Å². The maximum atomic E-state index is 12.3. The first-order chi connectivity index (χ1) is 13.3. The molecule has 0 aromatic carbocycles. The van der Waals surface area contributed by atoms with Crippen molar-refractivity contribution < 1.29 is 33.7 Å². The van der Waals surface area contributed by atoms with Gasteiger partial charge in [-0.1, -0.05) is 19.2 Å². The summed E-state index contributed by atoms with van der Waals surface area (Å²) in [6, 6.07) is 0. The first-order valence-corrected chi connectivity index (χ1v) is 9.17. The monoisotopic (exact) mass is 390 g/mol. The van der Waals surface area contributed by atoms with Crippen LogP contribution in [0.25, 0.3) is 0 Å². The summed E-state index contributed by atoms with van der Waals surface area (Å²) in [5.41, 5.74) is 1.24. The van der Waals surface area contributed by atoms with Crippen LogP contribution in [0.15, 0.2) is 47.6 Å². The maximum Gasteiger partial charge on any atom is 0.334 e. The Morgan fingerprint density at radius 2 is 2.18 bits per heavy atom. The number of fused-ring (bicyclic) bond motifs is 1. The Bertz CT molecular complexity index is 731. The van der Waals surface area contributed by atoms with Crippen LogP contribution in [0.1, 0.15) is 26.7 Å². The van der Waals surface area contributed by atoms with Crippen molar-refractivity contribution in [3.63, 3.8) is 0 Å². The van der Waals surface area contributed by atoms with E-state index in [-0.39, 0.29) is 24.4 Å². The molecule has 1 aliphatic heterocycles. The van der Waals surface area contributed by atoms with Gasteiger partial charge in [0.15, 0.2) is 0 Å². The zero-order valence-electron chi connectivity index (χ0n) is 16.2. The number of hydrogen-bond donors (Lipinski definition) is 1. The molecule has 0 amide bonds. The Hall–Kier alpha value is -2.51. The number of rotatable bonds is 6. The van der Waals surface area contributed by atoms with Crippen LogP contribution in [0.2, 0.25) is 0 Å². The van der Waals surface area contributed by atoms with Crippen molar-refractivity contribution in [1.82, 2.24) is 0 Å². The second-order valence-corrected chi connectivity index (χ2v) is 6.79. The Morgan fingerprint density at radius 1 is 1.46 bits per heavy atom. The number of esters is 2. The van der Waals surface area contributed by atoms with Gasteiger partial charge in [-0.3, -0.25) is 4.79 Å². The zero-order chi connectivity index (χ0) is 20.8. The highest BCUT2D eigenvalue weighted by Gasteiger charge is 2.48. The molecule has 2 aliphatic rings. The lowest BCUT2D eigenvalue weighted by Crippen LogP contribution is -2.44. The van der Waals surface area contributed by atoms with E-state index < -0.39 is 36.2 Å². The van der Waals surface area contributed by atoms with Gasteiger partial charge < -0.3 is 19.3 Å². The lowest BCUT2D eigenvalue weighted by Gasteiger charge is -2.33. The number of ether oxygens (including phenoxy) is 3. The van der Waals surface area contributed by atoms with E-state index in [9.17, 15) is 19.5 Å². The lowest BCUT2D eigenvalue weighted by atomic mass is 9.83. The van der Waals surface area contributed by atoms with E-state index >= 15 is 0 Å². The summed E-state index contributed by atoms with van der Waals surface area (Å²) in [5.74, 6) is -2.06. The van der Waals surface area contributed by atoms with E-state index in [0.717, 1.165) is 0 Å². The molecule has 1 saturated heterocycles. The smallest absolute Gasteiger partial charge is 0.334 e. The topological polar surface area (TPSA) is 99.1 Å². The molecule has 4 atom stereocenters. The number of hydrogen-bond acceptors (Lipinski definition) is 7. The molecule has 1 heterocycles. The molecule has 152 valence electrons. The molecule has 1 N–H and O–H groups in total. The minimum Gasteiger partial charge on any atom is -0.455 e. The third kappa shape index (κ3) is 4.66. The molecule has 28 heavy (non-hydrogen) atoms. The third-order valence-corrected chi connectivity index (χ3v) is 4.76. The third-order valence-electron chi connectivity index (χ3n) is 4.76. The molecule has 0 bridgehead atoms. The van der Waals surface area contributed by atoms with Gasteiger partial charge in [-0.05, 0) is 38.3 Å². The molecule has 0 aromatic heterocycles. The van der Waals surface area contributed by atoms with Crippen LogP contribution in [-0.2, 0) is 28.6 Å². The molecule has 0 unspecified atom stereocenters. The highest BCUT2D eigenvalue weighted by atomic mass is 16.6. The largest absolute Gasteiger partial charge is 0.455 e. The predicted molar refractivity (Wildman–Crippen MR) is 101 cm³/mol. The highest BCUT2D eigenvalue weighted by molar-refractivity contribution is 5.92. The van der Waals surface area contributed by atoms with E-state index in [1.165, 1.54) is 6.92 Å². The molecule has 0 radical (unpaired) electrons. The first-order valence-electron chi connectivity index (χ1n) is 9.17. The molecular weight excluding hydrogens is 364 g/mol. The van der Waals surface area contributed by atoms with Gasteiger partial charge in [0, 0.05) is 23.3 Å². The van der Waals surface area contributed by atoms with Crippen LogP contribution in [-0.4, -0.2) is 54.9 Å². The second kappa shape index (κ2) is 9.61. The number of allylic oxidation sites excluding steroid dienone is 1. The fraction of sp³-hybridized carbons (Fsp3) is 0.476. The van der Waals surface area contributed by atoms with E-state index in [0.29, 0.717) is 30.3 Å². The summed E-state index contributed by atoms with van der Waals surface area (Å²) in [7, 11) is 0. The molecule has 0 saturated carbocycles. The Kier molecular flexibility index (Phi) is 7.48. The van der Waals surface area contributed by atoms with Gasteiger partial charge in [-0.25, -0.2) is 9.59 Å². The number of carbonyl (C=O) groups excluding carboxylic acids is 3. The summed E-state index contributed by atoms with van der Waals surface area (Å²) in [6.07, 6.45) is 2.24. The van der Waals surface area contributed by atoms with Crippen molar-refractivity contribution in [2.45, 2.75) is 45.0 Å². The molecule has 0 spiro atoms. The van der Waals surface area contributed by atoms with Crippen molar-refractivity contribution in [1.29, 1.82) is 0 Å². The minimum absolute atomic E-state index is 0.119. The van der Waals surface area contributed by atoms with Crippen LogP contribution in [0.5, 0.6) is 0 Å². The van der Waals surface area contributed by atoms with Crippen molar-refractivity contribution in [2.24, 2.45) is 5.92 Å². The minimum atomic E-state index is -1.03. The number of aliphatic hydroxyl groups excluding tert-OH is 1. The van der Waals surface area contributed by atoms with Crippen LogP contribution < -0.4 is 0 Å². The zero-order valence-corrected chi connectivity index (χ0v) is 16.2. The molecular formula is C21H26O7. The van der Waals surface area contributed by atoms with Crippen molar-refractivity contribution in [3.05, 3.63) is 47.6 Å². The average Bonchev–Trinajstić information content (AvgIpc) is 2.94. The van der Waals surface area contributed by atoms with Crippen molar-refractivity contribution >= 4 is 18.2 Å². The summed E-state index contributed by atoms with van der Waals surface area (Å²) in [5, 5.41) is 9.62. The van der Waals surface area contributed by atoms with Crippen LogP contribution in [0.3, 0.4) is 0 Å². The van der Waals surface area contributed by atoms with Crippen LogP contribution in [0.4, 0.5) is 0 Å². The van der Waals surface area contributed by atoms with Gasteiger partial charge in [0.1, 0.15) is 24.6 Å². The summed E-state index contributed by atoms with van der Waals surface area (Å²) in [6.45, 7) is 10.7. The first kappa shape index (κ1) is 21.8. The molecule has 0 aromatic rings. The molecule has 1 fully saturated rings. The van der Waals surface area contributed by atoms with Crippen LogP contribution in [0, 0.1) is 5.92 Å². The Morgan fingerprint density at radius 3 is 2.75 bits per heavy atom. The van der Waals surface area contributed by atoms with Crippen LogP contribution >= 0.6 is 0 Å². The van der Waals surface area contributed by atoms with Gasteiger partial charge in [-0.2, -0.15) is 0 Å². The summed E-state index contributed by atoms with van der Waals surface area (Å²) in [4.78, 5) is 36.3. The Labute approximate surface area is 164 Å². The quantitative estimate of drug-likeness (QED) is 0.320. The average molecular weight is 390 g/mol. The van der Waals surface area contributed by atoms with Crippen molar-refractivity contribution in [3.8, 4) is 0 Å². The second-order valence-electron chi connectivity index (χ2n) is 6.79. The summed E-state index contributed by atoms with van der Waals surface area (Å²) >= 11 is 0. The maximum absolute atomic E-state index is 12.3. The van der Waals surface area contributed by atoms with Gasteiger partial charge in [-0.15, -0.1) is 0 Å². The number of aldehydes is 1. The van der Waals surface area contributed by atoms with Gasteiger partial charge in [0.2, 0.25) is 0 Å². The fourth-order valence-corrected chi connectivity index (χ4v) is 3.34. The molecule has 2 rings (SSSR count). The Balaban J connectivity index is 2.61. The van der Waals surface area contributed by atoms with E-state index in [1.54, 1.807) is 19.1 Å². The molecule has 7 heteroatoms. The van der Waals surface area contributed by atoms with E-state index in [4.69, 9.17) is 14.2 Å².